The molecule has 3 fully saturated rings. The van der Waals surface area contributed by atoms with Gasteiger partial charge in [0.2, 0.25) is 0 Å². The predicted octanol–water partition coefficient (Wildman–Crippen LogP) is 6.31. The lowest BCUT2D eigenvalue weighted by molar-refractivity contribution is -0.0163. The van der Waals surface area contributed by atoms with Crippen LogP contribution in [0.5, 0.6) is 11.5 Å². The summed E-state index contributed by atoms with van der Waals surface area (Å²) in [5.74, 6) is 0.456. The second-order valence-electron chi connectivity index (χ2n) is 15.1. The highest BCUT2D eigenvalue weighted by Gasteiger charge is 2.47. The first kappa shape index (κ1) is 34.8. The van der Waals surface area contributed by atoms with Crippen molar-refractivity contribution in [3.63, 3.8) is 0 Å². The Morgan fingerprint density at radius 1 is 0.979 bits per heavy atom. The number of carbonyl (C=O) groups is 2. The number of piperidine rings is 2. The van der Waals surface area contributed by atoms with Crippen molar-refractivity contribution in [1.82, 2.24) is 24.7 Å². The van der Waals surface area contributed by atoms with Crippen molar-refractivity contribution in [2.75, 3.05) is 50.7 Å². The molecule has 2 amide bonds. The van der Waals surface area contributed by atoms with Crippen LogP contribution in [0.15, 0.2) is 30.7 Å². The molecule has 0 saturated carbocycles. The van der Waals surface area contributed by atoms with Crippen molar-refractivity contribution in [2.24, 2.45) is 5.41 Å². The lowest BCUT2D eigenvalue weighted by Crippen LogP contribution is -2.61. The van der Waals surface area contributed by atoms with Gasteiger partial charge in [-0.15, -0.1) is 0 Å². The molecule has 3 saturated heterocycles. The first-order chi connectivity index (χ1) is 22.1. The summed E-state index contributed by atoms with van der Waals surface area (Å²) < 4.78 is 41.9. The highest BCUT2D eigenvalue weighted by Crippen LogP contribution is 2.45. The highest BCUT2D eigenvalue weighted by molar-refractivity contribution is 5.97. The van der Waals surface area contributed by atoms with E-state index < -0.39 is 17.1 Å². The smallest absolute Gasteiger partial charge is 0.410 e. The monoisotopic (exact) mass is 656 g/mol. The standard InChI is InChI=1S/C35H50F2N6O4/c1-24(2)43(25(3)4)31(44)27-18-26(36)8-9-28(27)46-29-19-38-23-39-30(29)42-20-34(21-42)10-14-40(15-11-34)22-35(37)12-16-41(17-13-35)32(45)47-33(5,6)7/h8-9,18-19,23-25H,10-17,20-22H2,1-7H3. The fraction of sp³-hybridized carbons (Fsp3) is 0.657. The molecule has 3 aliphatic heterocycles. The molecule has 0 unspecified atom stereocenters. The average molecular weight is 657 g/mol. The second kappa shape index (κ2) is 13.5. The summed E-state index contributed by atoms with van der Waals surface area (Å²) in [6.45, 7) is 17.5. The van der Waals surface area contributed by atoms with Crippen molar-refractivity contribution in [2.45, 2.75) is 97.5 Å². The Morgan fingerprint density at radius 3 is 2.21 bits per heavy atom. The first-order valence-corrected chi connectivity index (χ1v) is 16.8. The van der Waals surface area contributed by atoms with E-state index in [-0.39, 0.29) is 40.8 Å². The van der Waals surface area contributed by atoms with Crippen LogP contribution in [0.2, 0.25) is 0 Å². The molecule has 5 rings (SSSR count). The fourth-order valence-electron chi connectivity index (χ4n) is 7.09. The molecule has 0 aliphatic carbocycles. The van der Waals surface area contributed by atoms with Crippen molar-refractivity contribution < 1.29 is 27.8 Å². The Balaban J connectivity index is 1.17. The molecular formula is C35H50F2N6O4. The number of benzene rings is 1. The summed E-state index contributed by atoms with van der Waals surface area (Å²) in [5, 5.41) is 0. The number of hydrogen-bond acceptors (Lipinski definition) is 8. The van der Waals surface area contributed by atoms with E-state index in [4.69, 9.17) is 9.47 Å². The van der Waals surface area contributed by atoms with Crippen LogP contribution in [-0.4, -0.2) is 106 Å². The quantitative estimate of drug-likeness (QED) is 0.327. The van der Waals surface area contributed by atoms with Crippen LogP contribution >= 0.6 is 0 Å². The number of alkyl halides is 1. The molecule has 0 bridgehead atoms. The third kappa shape index (κ3) is 8.13. The lowest BCUT2D eigenvalue weighted by Gasteiger charge is -2.55. The molecule has 1 spiro atoms. The number of likely N-dealkylation sites (tertiary alicyclic amines) is 2. The Bertz CT molecular complexity index is 1420. The topological polar surface area (TPSA) is 91.3 Å². The van der Waals surface area contributed by atoms with Crippen LogP contribution in [0, 0.1) is 11.2 Å². The Hall–Kier alpha value is -3.54. The number of carbonyl (C=O) groups excluding carboxylic acids is 2. The van der Waals surface area contributed by atoms with Gasteiger partial charge in [-0.25, -0.2) is 23.5 Å². The van der Waals surface area contributed by atoms with Gasteiger partial charge in [-0.1, -0.05) is 0 Å². The van der Waals surface area contributed by atoms with Gasteiger partial charge in [0.25, 0.3) is 5.91 Å². The van der Waals surface area contributed by atoms with Crippen molar-refractivity contribution in [1.29, 1.82) is 0 Å². The summed E-state index contributed by atoms with van der Waals surface area (Å²) in [7, 11) is 0. The summed E-state index contributed by atoms with van der Waals surface area (Å²) in [6.07, 6.45) is 5.19. The maximum Gasteiger partial charge on any atom is 0.410 e. The van der Waals surface area contributed by atoms with Crippen LogP contribution in [0.1, 0.15) is 84.5 Å². The molecule has 0 atom stereocenters. The summed E-state index contributed by atoms with van der Waals surface area (Å²) in [6, 6.07) is 3.82. The number of anilines is 1. The maximum atomic E-state index is 15.8. The van der Waals surface area contributed by atoms with Crippen LogP contribution in [-0.2, 0) is 4.74 Å². The number of amides is 2. The van der Waals surface area contributed by atoms with Gasteiger partial charge < -0.3 is 29.1 Å². The second-order valence-corrected chi connectivity index (χ2v) is 15.1. The van der Waals surface area contributed by atoms with E-state index in [1.54, 1.807) is 16.0 Å². The molecule has 10 nitrogen and oxygen atoms in total. The van der Waals surface area contributed by atoms with Gasteiger partial charge in [0.15, 0.2) is 11.6 Å². The number of halogens is 2. The van der Waals surface area contributed by atoms with E-state index in [9.17, 15) is 14.0 Å². The molecule has 1 aromatic carbocycles. The summed E-state index contributed by atoms with van der Waals surface area (Å²) in [5.41, 5.74) is -1.63. The highest BCUT2D eigenvalue weighted by atomic mass is 19.1. The minimum Gasteiger partial charge on any atom is -0.451 e. The van der Waals surface area contributed by atoms with Crippen LogP contribution in [0.25, 0.3) is 0 Å². The van der Waals surface area contributed by atoms with Crippen LogP contribution < -0.4 is 9.64 Å². The van der Waals surface area contributed by atoms with Gasteiger partial charge in [-0.2, -0.15) is 0 Å². The third-order valence-electron chi connectivity index (χ3n) is 9.48. The zero-order valence-electron chi connectivity index (χ0n) is 28.9. The number of rotatable bonds is 8. The third-order valence-corrected chi connectivity index (χ3v) is 9.48. The van der Waals surface area contributed by atoms with Crippen molar-refractivity contribution in [3.05, 3.63) is 42.1 Å². The van der Waals surface area contributed by atoms with Gasteiger partial charge in [-0.3, -0.25) is 4.79 Å². The normalized spacial score (nSPS) is 19.6. The number of nitrogens with zero attached hydrogens (tertiary/aromatic N) is 6. The largest absolute Gasteiger partial charge is 0.451 e. The molecule has 4 heterocycles. The molecule has 258 valence electrons. The van der Waals surface area contributed by atoms with E-state index >= 15 is 4.39 Å². The molecular weight excluding hydrogens is 606 g/mol. The molecule has 47 heavy (non-hydrogen) atoms. The van der Waals surface area contributed by atoms with E-state index in [2.05, 4.69) is 19.8 Å². The maximum absolute atomic E-state index is 15.8. The zero-order chi connectivity index (χ0) is 34.1. The van der Waals surface area contributed by atoms with Gasteiger partial charge in [0, 0.05) is 63.1 Å². The summed E-state index contributed by atoms with van der Waals surface area (Å²) >= 11 is 0. The van der Waals surface area contributed by atoms with E-state index in [1.807, 2.05) is 48.5 Å². The zero-order valence-corrected chi connectivity index (χ0v) is 28.9. The molecule has 0 N–H and O–H groups in total. The lowest BCUT2D eigenvalue weighted by atomic mass is 9.71. The SMILES string of the molecule is CC(C)N(C(=O)c1cc(F)ccc1Oc1cncnc1N1CC2(CCN(CC3(F)CCN(C(=O)OC(C)(C)C)CC3)CC2)C1)C(C)C. The van der Waals surface area contributed by atoms with Gasteiger partial charge in [0.05, 0.1) is 11.8 Å². The first-order valence-electron chi connectivity index (χ1n) is 16.8. The van der Waals surface area contributed by atoms with Crippen molar-refractivity contribution >= 4 is 17.8 Å². The van der Waals surface area contributed by atoms with E-state index in [0.717, 1.165) is 39.0 Å². The number of aromatic nitrogens is 2. The molecule has 1 aromatic heterocycles. The average Bonchev–Trinajstić information content (AvgIpc) is 2.96. The Kier molecular flexibility index (Phi) is 10.0. The Labute approximate surface area is 277 Å². The predicted molar refractivity (Wildman–Crippen MR) is 176 cm³/mol. The van der Waals surface area contributed by atoms with Gasteiger partial charge >= 0.3 is 6.09 Å². The molecule has 0 radical (unpaired) electrons. The Morgan fingerprint density at radius 2 is 1.62 bits per heavy atom. The van der Waals surface area contributed by atoms with Gasteiger partial charge in [0.1, 0.15) is 29.2 Å². The van der Waals surface area contributed by atoms with E-state index in [1.165, 1.54) is 24.5 Å². The van der Waals surface area contributed by atoms with Crippen molar-refractivity contribution in [3.8, 4) is 11.5 Å². The van der Waals surface area contributed by atoms with Gasteiger partial charge in [-0.05, 0) is 92.6 Å². The molecule has 2 aromatic rings. The molecule has 12 heteroatoms. The minimum atomic E-state index is -1.32. The van der Waals surface area contributed by atoms with Crippen LogP contribution in [0.4, 0.5) is 19.4 Å². The minimum absolute atomic E-state index is 0.0782. The summed E-state index contributed by atoms with van der Waals surface area (Å²) in [4.78, 5) is 42.3. The molecule has 3 aliphatic rings. The number of hydrogen-bond donors (Lipinski definition) is 0. The van der Waals surface area contributed by atoms with E-state index in [0.29, 0.717) is 44.0 Å². The fourth-order valence-corrected chi connectivity index (χ4v) is 7.09. The van der Waals surface area contributed by atoms with Crippen LogP contribution in [0.3, 0.4) is 0 Å². The number of ether oxygens (including phenoxy) is 2.